The van der Waals surface area contributed by atoms with Gasteiger partial charge in [0.15, 0.2) is 0 Å². The summed E-state index contributed by atoms with van der Waals surface area (Å²) in [5, 5.41) is 6.60. The molecule has 19 heavy (non-hydrogen) atoms. The van der Waals surface area contributed by atoms with Crippen LogP contribution < -0.4 is 10.6 Å². The van der Waals surface area contributed by atoms with Crippen LogP contribution >= 0.6 is 0 Å². The number of hydrogen-bond donors (Lipinski definition) is 2. The maximum absolute atomic E-state index is 12.3. The van der Waals surface area contributed by atoms with Crippen LogP contribution in [-0.4, -0.2) is 25.0 Å². The van der Waals surface area contributed by atoms with Gasteiger partial charge < -0.3 is 10.6 Å². The Morgan fingerprint density at radius 3 is 2.63 bits per heavy atom. The number of hydrogen-bond acceptors (Lipinski definition) is 2. The van der Waals surface area contributed by atoms with Gasteiger partial charge in [-0.1, -0.05) is 39.0 Å². The summed E-state index contributed by atoms with van der Waals surface area (Å²) in [6.07, 6.45) is 11.4. The number of amides is 1. The monoisotopic (exact) mass is 266 g/mol. The van der Waals surface area contributed by atoms with Crippen molar-refractivity contribution in [1.29, 1.82) is 0 Å². The van der Waals surface area contributed by atoms with E-state index < -0.39 is 0 Å². The van der Waals surface area contributed by atoms with Crippen LogP contribution in [0.3, 0.4) is 0 Å². The summed E-state index contributed by atoms with van der Waals surface area (Å²) in [5.74, 6) is 1.33. The minimum atomic E-state index is 0.240. The van der Waals surface area contributed by atoms with E-state index in [2.05, 4.69) is 17.6 Å². The molecule has 3 heteroatoms. The van der Waals surface area contributed by atoms with E-state index in [0.29, 0.717) is 11.9 Å². The second kappa shape index (κ2) is 7.88. The zero-order chi connectivity index (χ0) is 13.5. The summed E-state index contributed by atoms with van der Waals surface area (Å²) < 4.78 is 0. The first-order chi connectivity index (χ1) is 9.29. The third kappa shape index (κ3) is 4.79. The summed E-state index contributed by atoms with van der Waals surface area (Å²) in [5.41, 5.74) is 0. The van der Waals surface area contributed by atoms with Gasteiger partial charge in [-0.05, 0) is 38.1 Å². The van der Waals surface area contributed by atoms with Gasteiger partial charge in [0.1, 0.15) is 0 Å². The van der Waals surface area contributed by atoms with E-state index in [1.165, 1.54) is 44.9 Å². The topological polar surface area (TPSA) is 41.1 Å². The van der Waals surface area contributed by atoms with Crippen molar-refractivity contribution in [2.45, 2.75) is 70.8 Å². The molecule has 2 unspecified atom stereocenters. The van der Waals surface area contributed by atoms with Crippen LogP contribution in [0.25, 0.3) is 0 Å². The fourth-order valence-electron chi connectivity index (χ4n) is 3.58. The standard InChI is InChI=1S/C16H30N2O/c1-2-14(11-13-7-4-3-5-8-13)16(19)18-12-15-9-6-10-17-15/h13-15,17H,2-12H2,1H3,(H,18,19). The summed E-state index contributed by atoms with van der Waals surface area (Å²) in [6, 6.07) is 0.510. The maximum Gasteiger partial charge on any atom is 0.223 e. The molecular weight excluding hydrogens is 236 g/mol. The van der Waals surface area contributed by atoms with Crippen molar-refractivity contribution in [1.82, 2.24) is 10.6 Å². The predicted molar refractivity (Wildman–Crippen MR) is 79.0 cm³/mol. The Kier molecular flexibility index (Phi) is 6.15. The molecular formula is C16H30N2O. The van der Waals surface area contributed by atoms with Crippen molar-refractivity contribution in [2.75, 3.05) is 13.1 Å². The van der Waals surface area contributed by atoms with Gasteiger partial charge >= 0.3 is 0 Å². The van der Waals surface area contributed by atoms with E-state index >= 15 is 0 Å². The SMILES string of the molecule is CCC(CC1CCCCC1)C(=O)NCC1CCCN1. The molecule has 0 aromatic carbocycles. The van der Waals surface area contributed by atoms with E-state index in [1.807, 2.05) is 0 Å². The lowest BCUT2D eigenvalue weighted by Gasteiger charge is -2.25. The lowest BCUT2D eigenvalue weighted by molar-refractivity contribution is -0.125. The van der Waals surface area contributed by atoms with Gasteiger partial charge in [-0.3, -0.25) is 4.79 Å². The smallest absolute Gasteiger partial charge is 0.223 e. The van der Waals surface area contributed by atoms with Gasteiger partial charge in [-0.15, -0.1) is 0 Å². The van der Waals surface area contributed by atoms with E-state index in [1.54, 1.807) is 0 Å². The van der Waals surface area contributed by atoms with Gasteiger partial charge in [-0.2, -0.15) is 0 Å². The van der Waals surface area contributed by atoms with E-state index in [4.69, 9.17) is 0 Å². The zero-order valence-corrected chi connectivity index (χ0v) is 12.4. The lowest BCUT2D eigenvalue weighted by atomic mass is 9.82. The maximum atomic E-state index is 12.3. The molecule has 0 spiro atoms. The molecule has 1 saturated carbocycles. The van der Waals surface area contributed by atoms with Crippen LogP contribution in [0.2, 0.25) is 0 Å². The molecule has 2 rings (SSSR count). The predicted octanol–water partition coefficient (Wildman–Crippen LogP) is 2.85. The first-order valence-corrected chi connectivity index (χ1v) is 8.30. The Morgan fingerprint density at radius 1 is 1.21 bits per heavy atom. The molecule has 1 aliphatic carbocycles. The highest BCUT2D eigenvalue weighted by molar-refractivity contribution is 5.78. The fourth-order valence-corrected chi connectivity index (χ4v) is 3.58. The highest BCUT2D eigenvalue weighted by atomic mass is 16.1. The van der Waals surface area contributed by atoms with Gasteiger partial charge in [0.25, 0.3) is 0 Å². The summed E-state index contributed by atoms with van der Waals surface area (Å²) >= 11 is 0. The summed E-state index contributed by atoms with van der Waals surface area (Å²) in [4.78, 5) is 12.3. The lowest BCUT2D eigenvalue weighted by Crippen LogP contribution is -2.40. The normalized spacial score (nSPS) is 26.3. The summed E-state index contributed by atoms with van der Waals surface area (Å²) in [7, 11) is 0. The average molecular weight is 266 g/mol. The first kappa shape index (κ1) is 14.8. The Bertz CT molecular complexity index is 268. The largest absolute Gasteiger partial charge is 0.354 e. The zero-order valence-electron chi connectivity index (χ0n) is 12.4. The number of carbonyl (C=O) groups excluding carboxylic acids is 1. The van der Waals surface area contributed by atoms with Crippen molar-refractivity contribution in [3.8, 4) is 0 Å². The molecule has 110 valence electrons. The molecule has 0 radical (unpaired) electrons. The van der Waals surface area contributed by atoms with Crippen molar-refractivity contribution in [3.63, 3.8) is 0 Å². The third-order valence-electron chi connectivity index (χ3n) is 4.89. The Hall–Kier alpha value is -0.570. The molecule has 2 N–H and O–H groups in total. The van der Waals surface area contributed by atoms with Crippen LogP contribution in [0.15, 0.2) is 0 Å². The first-order valence-electron chi connectivity index (χ1n) is 8.30. The molecule has 0 aromatic rings. The number of rotatable bonds is 6. The van der Waals surface area contributed by atoms with E-state index in [0.717, 1.165) is 31.8 Å². The van der Waals surface area contributed by atoms with Crippen molar-refractivity contribution in [2.24, 2.45) is 11.8 Å². The van der Waals surface area contributed by atoms with Crippen LogP contribution in [0.5, 0.6) is 0 Å². The molecule has 1 amide bonds. The van der Waals surface area contributed by atoms with Crippen LogP contribution in [0, 0.1) is 11.8 Å². The minimum Gasteiger partial charge on any atom is -0.354 e. The summed E-state index contributed by atoms with van der Waals surface area (Å²) in [6.45, 7) is 4.08. The molecule has 2 atom stereocenters. The van der Waals surface area contributed by atoms with Crippen molar-refractivity contribution in [3.05, 3.63) is 0 Å². The van der Waals surface area contributed by atoms with Crippen molar-refractivity contribution < 1.29 is 4.79 Å². The molecule has 0 bridgehead atoms. The molecule has 3 nitrogen and oxygen atoms in total. The highest BCUT2D eigenvalue weighted by Gasteiger charge is 2.23. The Morgan fingerprint density at radius 2 is 2.00 bits per heavy atom. The molecule has 1 aliphatic heterocycles. The van der Waals surface area contributed by atoms with Crippen LogP contribution in [0.1, 0.15) is 64.7 Å². The third-order valence-corrected chi connectivity index (χ3v) is 4.89. The van der Waals surface area contributed by atoms with Gasteiger partial charge in [-0.25, -0.2) is 0 Å². The second-order valence-electron chi connectivity index (χ2n) is 6.38. The second-order valence-corrected chi connectivity index (χ2v) is 6.38. The molecule has 1 heterocycles. The number of carbonyl (C=O) groups is 1. The number of nitrogens with one attached hydrogen (secondary N) is 2. The minimum absolute atomic E-state index is 0.240. The Balaban J connectivity index is 1.70. The van der Waals surface area contributed by atoms with Gasteiger partial charge in [0.2, 0.25) is 5.91 Å². The van der Waals surface area contributed by atoms with Gasteiger partial charge in [0, 0.05) is 18.5 Å². The van der Waals surface area contributed by atoms with Crippen LogP contribution in [0.4, 0.5) is 0 Å². The van der Waals surface area contributed by atoms with Gasteiger partial charge in [0.05, 0.1) is 0 Å². The van der Waals surface area contributed by atoms with E-state index in [-0.39, 0.29) is 5.92 Å². The quantitative estimate of drug-likeness (QED) is 0.776. The molecule has 2 aliphatic rings. The highest BCUT2D eigenvalue weighted by Crippen LogP contribution is 2.30. The Labute approximate surface area is 117 Å². The van der Waals surface area contributed by atoms with E-state index in [9.17, 15) is 4.79 Å². The van der Waals surface area contributed by atoms with Crippen molar-refractivity contribution >= 4 is 5.91 Å². The molecule has 1 saturated heterocycles. The molecule has 0 aromatic heterocycles. The average Bonchev–Trinajstić information content (AvgIpc) is 2.96. The fraction of sp³-hybridized carbons (Fsp3) is 0.938. The molecule has 2 fully saturated rings. The van der Waals surface area contributed by atoms with Crippen LogP contribution in [-0.2, 0) is 4.79 Å².